The second kappa shape index (κ2) is 4.18. The van der Waals surface area contributed by atoms with Gasteiger partial charge in [-0.3, -0.25) is 0 Å². The lowest BCUT2D eigenvalue weighted by atomic mass is 10.1. The summed E-state index contributed by atoms with van der Waals surface area (Å²) < 4.78 is 5.06. The first-order valence-corrected chi connectivity index (χ1v) is 5.40. The number of fused-ring (bicyclic) bond motifs is 1. The molecule has 5 heteroatoms. The zero-order chi connectivity index (χ0) is 13.4. The second-order valence-corrected chi connectivity index (χ2v) is 4.27. The average Bonchev–Trinajstić information content (AvgIpc) is 2.27. The van der Waals surface area contributed by atoms with Gasteiger partial charge in [-0.1, -0.05) is 0 Å². The molecule has 1 N–H and O–H groups in total. The number of carbonyl (C=O) groups is 1. The van der Waals surface area contributed by atoms with Gasteiger partial charge in [-0.15, -0.1) is 0 Å². The van der Waals surface area contributed by atoms with E-state index in [0.29, 0.717) is 16.5 Å². The van der Waals surface area contributed by atoms with E-state index in [0.717, 1.165) is 5.69 Å². The smallest absolute Gasteiger partial charge is 0.351 e. The Bertz CT molecular complexity index is 685. The Morgan fingerprint density at radius 3 is 2.56 bits per heavy atom. The lowest BCUT2D eigenvalue weighted by Gasteiger charge is -2.13. The van der Waals surface area contributed by atoms with E-state index in [-0.39, 0.29) is 5.56 Å². The van der Waals surface area contributed by atoms with E-state index in [1.807, 2.05) is 25.1 Å². The summed E-state index contributed by atoms with van der Waals surface area (Å²) in [6.07, 6.45) is 0. The molecule has 2 rings (SSSR count). The van der Waals surface area contributed by atoms with Crippen LogP contribution in [-0.4, -0.2) is 25.2 Å². The van der Waals surface area contributed by atoms with Crippen LogP contribution in [0.15, 0.2) is 27.4 Å². The quantitative estimate of drug-likeness (QED) is 0.820. The maximum absolute atomic E-state index is 11.6. The van der Waals surface area contributed by atoms with Gasteiger partial charge >= 0.3 is 11.6 Å². The van der Waals surface area contributed by atoms with Crippen molar-refractivity contribution >= 4 is 22.6 Å². The maximum Gasteiger partial charge on any atom is 0.351 e. The highest BCUT2D eigenvalue weighted by Crippen LogP contribution is 2.23. The monoisotopic (exact) mass is 247 g/mol. The van der Waals surface area contributed by atoms with E-state index in [9.17, 15) is 9.59 Å². The fourth-order valence-electron chi connectivity index (χ4n) is 1.87. The number of carboxylic acid groups (broad SMARTS) is 1. The summed E-state index contributed by atoms with van der Waals surface area (Å²) in [4.78, 5) is 24.5. The Kier molecular flexibility index (Phi) is 2.82. The molecule has 2 aromatic rings. The number of carboxylic acids is 1. The van der Waals surface area contributed by atoms with E-state index in [2.05, 4.69) is 0 Å². The van der Waals surface area contributed by atoms with Crippen molar-refractivity contribution in [3.8, 4) is 0 Å². The molecule has 0 aliphatic heterocycles. The van der Waals surface area contributed by atoms with Crippen molar-refractivity contribution in [1.29, 1.82) is 0 Å². The molecule has 0 spiro atoms. The molecule has 0 radical (unpaired) electrons. The molecule has 1 heterocycles. The molecule has 0 fully saturated rings. The van der Waals surface area contributed by atoms with Crippen LogP contribution in [0.1, 0.15) is 15.9 Å². The van der Waals surface area contributed by atoms with Crippen LogP contribution in [0.25, 0.3) is 11.0 Å². The zero-order valence-electron chi connectivity index (χ0n) is 10.4. The number of hydrogen-bond donors (Lipinski definition) is 1. The van der Waals surface area contributed by atoms with Crippen LogP contribution >= 0.6 is 0 Å². The predicted octanol–water partition coefficient (Wildman–Crippen LogP) is 1.87. The predicted molar refractivity (Wildman–Crippen MR) is 68.5 cm³/mol. The fourth-order valence-corrected chi connectivity index (χ4v) is 1.87. The highest BCUT2D eigenvalue weighted by Gasteiger charge is 2.17. The summed E-state index contributed by atoms with van der Waals surface area (Å²) in [7, 11) is 3.75. The molecule has 5 nitrogen and oxygen atoms in total. The summed E-state index contributed by atoms with van der Waals surface area (Å²) >= 11 is 0. The van der Waals surface area contributed by atoms with Gasteiger partial charge in [0.15, 0.2) is 0 Å². The third-order valence-corrected chi connectivity index (χ3v) is 2.88. The number of anilines is 1. The van der Waals surface area contributed by atoms with Crippen LogP contribution in [0.3, 0.4) is 0 Å². The topological polar surface area (TPSA) is 70.7 Å². The molecule has 94 valence electrons. The highest BCUT2D eigenvalue weighted by molar-refractivity contribution is 5.95. The SMILES string of the molecule is Cc1c(C(=O)O)c(=O)oc2cc(N(C)C)ccc12. The van der Waals surface area contributed by atoms with E-state index in [1.165, 1.54) is 0 Å². The Morgan fingerprint density at radius 1 is 1.33 bits per heavy atom. The van der Waals surface area contributed by atoms with E-state index >= 15 is 0 Å². The van der Waals surface area contributed by atoms with E-state index in [1.54, 1.807) is 19.1 Å². The minimum Gasteiger partial charge on any atom is -0.477 e. The van der Waals surface area contributed by atoms with Crippen molar-refractivity contribution in [2.24, 2.45) is 0 Å². The second-order valence-electron chi connectivity index (χ2n) is 4.27. The number of aromatic carboxylic acids is 1. The van der Waals surface area contributed by atoms with E-state index < -0.39 is 11.6 Å². The number of aryl methyl sites for hydroxylation is 1. The van der Waals surface area contributed by atoms with Gasteiger partial charge in [0.1, 0.15) is 11.1 Å². The Hall–Kier alpha value is -2.30. The standard InChI is InChI=1S/C13H13NO4/c1-7-9-5-4-8(14(2)3)6-10(9)18-13(17)11(7)12(15)16/h4-6H,1-3H3,(H,15,16). The highest BCUT2D eigenvalue weighted by atomic mass is 16.4. The first-order chi connectivity index (χ1) is 8.41. The molecule has 0 aliphatic carbocycles. The fraction of sp³-hybridized carbons (Fsp3) is 0.231. The lowest BCUT2D eigenvalue weighted by molar-refractivity contribution is 0.0691. The van der Waals surface area contributed by atoms with Crippen molar-refractivity contribution in [3.05, 3.63) is 39.7 Å². The minimum absolute atomic E-state index is 0.305. The largest absolute Gasteiger partial charge is 0.477 e. The molecule has 1 aromatic heterocycles. The van der Waals surface area contributed by atoms with Gasteiger partial charge < -0.3 is 14.4 Å². The van der Waals surface area contributed by atoms with Crippen molar-refractivity contribution in [2.45, 2.75) is 6.92 Å². The van der Waals surface area contributed by atoms with Crippen LogP contribution in [0.2, 0.25) is 0 Å². The summed E-state index contributed by atoms with van der Waals surface area (Å²) in [6, 6.07) is 5.33. The first kappa shape index (κ1) is 12.2. The number of rotatable bonds is 2. The molecule has 1 aromatic carbocycles. The third-order valence-electron chi connectivity index (χ3n) is 2.88. The van der Waals surface area contributed by atoms with Gasteiger partial charge in [-0.05, 0) is 24.6 Å². The van der Waals surface area contributed by atoms with Crippen LogP contribution in [0.5, 0.6) is 0 Å². The molecule has 0 bridgehead atoms. The van der Waals surface area contributed by atoms with Crippen molar-refractivity contribution < 1.29 is 14.3 Å². The Morgan fingerprint density at radius 2 is 2.00 bits per heavy atom. The molecule has 18 heavy (non-hydrogen) atoms. The number of nitrogens with zero attached hydrogens (tertiary/aromatic N) is 1. The molecule has 0 unspecified atom stereocenters. The third kappa shape index (κ3) is 1.84. The molecular formula is C13H13NO4. The molecule has 0 aliphatic rings. The first-order valence-electron chi connectivity index (χ1n) is 5.40. The minimum atomic E-state index is -1.26. The van der Waals surface area contributed by atoms with Crippen molar-refractivity contribution in [3.63, 3.8) is 0 Å². The normalized spacial score (nSPS) is 10.6. The van der Waals surface area contributed by atoms with E-state index in [4.69, 9.17) is 9.52 Å². The molecule has 0 amide bonds. The summed E-state index contributed by atoms with van der Waals surface area (Å²) in [5.41, 5.74) is 0.587. The van der Waals surface area contributed by atoms with Gasteiger partial charge in [0, 0.05) is 31.2 Å². The maximum atomic E-state index is 11.6. The Balaban J connectivity index is 2.82. The average molecular weight is 247 g/mol. The molecule has 0 atom stereocenters. The van der Waals surface area contributed by atoms with Crippen LogP contribution in [0.4, 0.5) is 5.69 Å². The van der Waals surface area contributed by atoms with Crippen LogP contribution < -0.4 is 10.5 Å². The molecule has 0 saturated heterocycles. The van der Waals surface area contributed by atoms with Gasteiger partial charge in [-0.25, -0.2) is 9.59 Å². The van der Waals surface area contributed by atoms with Crippen LogP contribution in [0, 0.1) is 6.92 Å². The molecular weight excluding hydrogens is 234 g/mol. The molecule has 0 saturated carbocycles. The zero-order valence-corrected chi connectivity index (χ0v) is 10.4. The van der Waals surface area contributed by atoms with Crippen molar-refractivity contribution in [2.75, 3.05) is 19.0 Å². The Labute approximate surface area is 103 Å². The van der Waals surface area contributed by atoms with Gasteiger partial charge in [-0.2, -0.15) is 0 Å². The lowest BCUT2D eigenvalue weighted by Crippen LogP contribution is -2.16. The number of hydrogen-bond acceptors (Lipinski definition) is 4. The van der Waals surface area contributed by atoms with Crippen LogP contribution in [-0.2, 0) is 0 Å². The summed E-state index contributed by atoms with van der Waals surface area (Å²) in [5.74, 6) is -1.26. The van der Waals surface area contributed by atoms with Gasteiger partial charge in [0.25, 0.3) is 0 Å². The van der Waals surface area contributed by atoms with Gasteiger partial charge in [0.05, 0.1) is 0 Å². The number of benzene rings is 1. The summed E-state index contributed by atoms with van der Waals surface area (Å²) in [6.45, 7) is 1.61. The van der Waals surface area contributed by atoms with Crippen molar-refractivity contribution in [1.82, 2.24) is 0 Å². The van der Waals surface area contributed by atoms with Gasteiger partial charge in [0.2, 0.25) is 0 Å². The summed E-state index contributed by atoms with van der Waals surface area (Å²) in [5, 5.41) is 9.62.